The fourth-order valence-electron chi connectivity index (χ4n) is 2.52. The van der Waals surface area contributed by atoms with Crippen LogP contribution >= 0.6 is 12.4 Å². The van der Waals surface area contributed by atoms with E-state index in [0.717, 1.165) is 49.8 Å². The first-order chi connectivity index (χ1) is 9.78. The van der Waals surface area contributed by atoms with Crippen LogP contribution in [0.5, 0.6) is 17.2 Å². The molecule has 1 N–H and O–H groups in total. The van der Waals surface area contributed by atoms with Crippen molar-refractivity contribution in [1.29, 1.82) is 0 Å². The summed E-state index contributed by atoms with van der Waals surface area (Å²) >= 11 is 0. The van der Waals surface area contributed by atoms with Crippen LogP contribution in [0.15, 0.2) is 12.1 Å². The SMILES string of the molecule is COc1cc(OC)c(OC)cc1CN1CCCNCC1.Cl. The van der Waals surface area contributed by atoms with Gasteiger partial charge in [-0.25, -0.2) is 0 Å². The molecule has 1 saturated heterocycles. The van der Waals surface area contributed by atoms with E-state index in [2.05, 4.69) is 10.2 Å². The summed E-state index contributed by atoms with van der Waals surface area (Å²) in [6, 6.07) is 3.90. The number of rotatable bonds is 5. The number of methoxy groups -OCH3 is 3. The first kappa shape index (κ1) is 17.9. The van der Waals surface area contributed by atoms with Crippen LogP contribution in [0, 0.1) is 0 Å². The predicted molar refractivity (Wildman–Crippen MR) is 86.1 cm³/mol. The number of nitrogens with zero attached hydrogens (tertiary/aromatic N) is 1. The topological polar surface area (TPSA) is 43.0 Å². The van der Waals surface area contributed by atoms with E-state index < -0.39 is 0 Å². The van der Waals surface area contributed by atoms with Gasteiger partial charge in [0, 0.05) is 31.3 Å². The van der Waals surface area contributed by atoms with E-state index in [-0.39, 0.29) is 12.4 Å². The first-order valence-corrected chi connectivity index (χ1v) is 7.00. The molecule has 21 heavy (non-hydrogen) atoms. The van der Waals surface area contributed by atoms with Gasteiger partial charge >= 0.3 is 0 Å². The molecule has 0 aromatic heterocycles. The van der Waals surface area contributed by atoms with Crippen molar-refractivity contribution in [3.05, 3.63) is 17.7 Å². The van der Waals surface area contributed by atoms with E-state index in [1.54, 1.807) is 21.3 Å². The second kappa shape index (κ2) is 8.97. The molecule has 0 unspecified atom stereocenters. The largest absolute Gasteiger partial charge is 0.496 e. The minimum atomic E-state index is 0. The van der Waals surface area contributed by atoms with Crippen molar-refractivity contribution in [2.75, 3.05) is 47.5 Å². The molecule has 6 heteroatoms. The molecule has 5 nitrogen and oxygen atoms in total. The Morgan fingerprint density at radius 1 is 0.952 bits per heavy atom. The molecule has 1 aliphatic heterocycles. The molecule has 1 heterocycles. The molecule has 0 aliphatic carbocycles. The van der Waals surface area contributed by atoms with E-state index in [4.69, 9.17) is 14.2 Å². The fraction of sp³-hybridized carbons (Fsp3) is 0.600. The monoisotopic (exact) mass is 316 g/mol. The summed E-state index contributed by atoms with van der Waals surface area (Å²) in [5.41, 5.74) is 1.13. The van der Waals surface area contributed by atoms with Crippen molar-refractivity contribution in [1.82, 2.24) is 10.2 Å². The molecule has 1 aliphatic rings. The highest BCUT2D eigenvalue weighted by Crippen LogP contribution is 2.35. The van der Waals surface area contributed by atoms with Crippen molar-refractivity contribution in [3.63, 3.8) is 0 Å². The molecule has 0 amide bonds. The number of benzene rings is 1. The standard InChI is InChI=1S/C15H24N2O3.ClH/c1-18-13-10-15(20-3)14(19-2)9-12(13)11-17-7-4-5-16-6-8-17;/h9-10,16H,4-8,11H2,1-3H3;1H. The molecule has 0 saturated carbocycles. The Kier molecular flexibility index (Phi) is 7.64. The van der Waals surface area contributed by atoms with Crippen LogP contribution < -0.4 is 19.5 Å². The maximum absolute atomic E-state index is 5.48. The van der Waals surface area contributed by atoms with Crippen LogP contribution in [0.2, 0.25) is 0 Å². The van der Waals surface area contributed by atoms with Crippen LogP contribution in [0.1, 0.15) is 12.0 Å². The summed E-state index contributed by atoms with van der Waals surface area (Å²) in [7, 11) is 4.98. The van der Waals surface area contributed by atoms with Gasteiger partial charge in [0.15, 0.2) is 11.5 Å². The highest BCUT2D eigenvalue weighted by molar-refractivity contribution is 5.85. The highest BCUT2D eigenvalue weighted by atomic mass is 35.5. The maximum Gasteiger partial charge on any atom is 0.164 e. The Morgan fingerprint density at radius 3 is 2.29 bits per heavy atom. The van der Waals surface area contributed by atoms with Crippen molar-refractivity contribution >= 4 is 12.4 Å². The molecule has 1 aromatic carbocycles. The lowest BCUT2D eigenvalue weighted by atomic mass is 10.1. The van der Waals surface area contributed by atoms with Gasteiger partial charge in [-0.1, -0.05) is 0 Å². The van der Waals surface area contributed by atoms with E-state index in [1.165, 1.54) is 6.42 Å². The van der Waals surface area contributed by atoms with E-state index in [0.29, 0.717) is 5.75 Å². The van der Waals surface area contributed by atoms with Gasteiger partial charge in [0.05, 0.1) is 21.3 Å². The van der Waals surface area contributed by atoms with Gasteiger partial charge in [0.2, 0.25) is 0 Å². The van der Waals surface area contributed by atoms with Crippen molar-refractivity contribution < 1.29 is 14.2 Å². The van der Waals surface area contributed by atoms with Gasteiger partial charge < -0.3 is 19.5 Å². The predicted octanol–water partition coefficient (Wildman–Crippen LogP) is 1.93. The van der Waals surface area contributed by atoms with Crippen molar-refractivity contribution in [2.45, 2.75) is 13.0 Å². The molecule has 0 bridgehead atoms. The van der Waals surface area contributed by atoms with Crippen LogP contribution in [0.4, 0.5) is 0 Å². The summed E-state index contributed by atoms with van der Waals surface area (Å²) in [4.78, 5) is 2.43. The number of ether oxygens (including phenoxy) is 3. The third-order valence-corrected chi connectivity index (χ3v) is 3.61. The Labute approximate surface area is 133 Å². The average molecular weight is 317 g/mol. The fourth-order valence-corrected chi connectivity index (χ4v) is 2.52. The summed E-state index contributed by atoms with van der Waals surface area (Å²) in [6.07, 6.45) is 1.18. The minimum Gasteiger partial charge on any atom is -0.496 e. The molecule has 2 rings (SSSR count). The second-order valence-corrected chi connectivity index (χ2v) is 4.90. The molecule has 1 fully saturated rings. The Bertz CT molecular complexity index is 435. The van der Waals surface area contributed by atoms with Crippen molar-refractivity contribution in [3.8, 4) is 17.2 Å². The van der Waals surface area contributed by atoms with Crippen LogP contribution in [-0.4, -0.2) is 52.4 Å². The smallest absolute Gasteiger partial charge is 0.164 e. The third-order valence-electron chi connectivity index (χ3n) is 3.61. The number of nitrogens with one attached hydrogen (secondary N) is 1. The first-order valence-electron chi connectivity index (χ1n) is 7.00. The Morgan fingerprint density at radius 2 is 1.62 bits per heavy atom. The van der Waals surface area contributed by atoms with E-state index >= 15 is 0 Å². The molecule has 120 valence electrons. The zero-order valence-electron chi connectivity index (χ0n) is 13.0. The zero-order valence-corrected chi connectivity index (χ0v) is 13.8. The highest BCUT2D eigenvalue weighted by Gasteiger charge is 2.15. The lowest BCUT2D eigenvalue weighted by Crippen LogP contribution is -2.27. The van der Waals surface area contributed by atoms with Gasteiger partial charge in [-0.2, -0.15) is 0 Å². The van der Waals surface area contributed by atoms with Crippen LogP contribution in [-0.2, 0) is 6.54 Å². The van der Waals surface area contributed by atoms with E-state index in [9.17, 15) is 0 Å². The Balaban J connectivity index is 0.00000220. The van der Waals surface area contributed by atoms with Crippen LogP contribution in [0.3, 0.4) is 0 Å². The number of hydrogen-bond donors (Lipinski definition) is 1. The summed E-state index contributed by atoms with van der Waals surface area (Å²) < 4.78 is 16.2. The van der Waals surface area contributed by atoms with Gasteiger partial charge in [-0.05, 0) is 25.6 Å². The summed E-state index contributed by atoms with van der Waals surface area (Å²) in [6.45, 7) is 5.16. The molecule has 0 spiro atoms. The normalized spacial score (nSPS) is 15.8. The van der Waals surface area contributed by atoms with Crippen LogP contribution in [0.25, 0.3) is 0 Å². The maximum atomic E-state index is 5.48. The average Bonchev–Trinajstić information content (AvgIpc) is 2.75. The summed E-state index contributed by atoms with van der Waals surface area (Å²) in [5, 5.41) is 3.41. The molecular weight excluding hydrogens is 292 g/mol. The van der Waals surface area contributed by atoms with Crippen molar-refractivity contribution in [2.24, 2.45) is 0 Å². The van der Waals surface area contributed by atoms with Gasteiger partial charge in [-0.3, -0.25) is 4.90 Å². The molecular formula is C15H25ClN2O3. The van der Waals surface area contributed by atoms with Gasteiger partial charge in [0.1, 0.15) is 5.75 Å². The lowest BCUT2D eigenvalue weighted by Gasteiger charge is -2.22. The quantitative estimate of drug-likeness (QED) is 0.899. The molecule has 0 radical (unpaired) electrons. The minimum absolute atomic E-state index is 0. The number of hydrogen-bond acceptors (Lipinski definition) is 5. The van der Waals surface area contributed by atoms with Gasteiger partial charge in [-0.15, -0.1) is 12.4 Å². The third kappa shape index (κ3) is 4.66. The summed E-state index contributed by atoms with van der Waals surface area (Å²) in [5.74, 6) is 2.29. The molecule has 0 atom stereocenters. The van der Waals surface area contributed by atoms with Gasteiger partial charge in [0.25, 0.3) is 0 Å². The lowest BCUT2D eigenvalue weighted by molar-refractivity contribution is 0.276. The van der Waals surface area contributed by atoms with E-state index in [1.807, 2.05) is 12.1 Å². The Hall–Kier alpha value is -1.17. The zero-order chi connectivity index (χ0) is 14.4. The second-order valence-electron chi connectivity index (χ2n) is 4.90. The molecule has 1 aromatic rings. The number of halogens is 1.